The predicted octanol–water partition coefficient (Wildman–Crippen LogP) is 5.55. The second kappa shape index (κ2) is 6.68. The van der Waals surface area contributed by atoms with Gasteiger partial charge in [0, 0.05) is 42.8 Å². The van der Waals surface area contributed by atoms with Gasteiger partial charge in [0.1, 0.15) is 5.82 Å². The van der Waals surface area contributed by atoms with Crippen LogP contribution in [0.3, 0.4) is 0 Å². The normalized spacial score (nSPS) is 12.3. The minimum Gasteiger partial charge on any atom is -0.378 e. The van der Waals surface area contributed by atoms with Crippen molar-refractivity contribution in [3.8, 4) is 0 Å². The molecule has 0 aliphatic heterocycles. The van der Waals surface area contributed by atoms with Gasteiger partial charge >= 0.3 is 0 Å². The lowest BCUT2D eigenvalue weighted by Crippen LogP contribution is -2.09. The van der Waals surface area contributed by atoms with Crippen LogP contribution in [0.25, 0.3) is 10.9 Å². The number of aromatic amines is 1. The fourth-order valence-electron chi connectivity index (χ4n) is 3.52. The largest absolute Gasteiger partial charge is 0.378 e. The molecular formula is C23H21FN2. The molecule has 0 amide bonds. The average Bonchev–Trinajstić information content (AvgIpc) is 3.06. The Hall–Kier alpha value is -3.07. The molecule has 4 aromatic rings. The summed E-state index contributed by atoms with van der Waals surface area (Å²) in [7, 11) is 4.08. The van der Waals surface area contributed by atoms with E-state index in [0.717, 1.165) is 16.5 Å². The predicted molar refractivity (Wildman–Crippen MR) is 106 cm³/mol. The van der Waals surface area contributed by atoms with Crippen molar-refractivity contribution in [3.63, 3.8) is 0 Å². The van der Waals surface area contributed by atoms with E-state index in [2.05, 4.69) is 58.4 Å². The standard InChI is InChI=1S/C23H21FN2/c1-26(2)19-11-8-17(9-12-19)23(16-6-4-3-5-7-16)21-15-25-22-14-18(24)10-13-20(21)22/h3-15,23,25H,1-2H3. The van der Waals surface area contributed by atoms with Crippen molar-refractivity contribution in [2.24, 2.45) is 0 Å². The summed E-state index contributed by atoms with van der Waals surface area (Å²) < 4.78 is 13.6. The summed E-state index contributed by atoms with van der Waals surface area (Å²) in [5.41, 5.74) is 5.58. The van der Waals surface area contributed by atoms with Gasteiger partial charge in [-0.25, -0.2) is 4.39 Å². The molecule has 1 atom stereocenters. The molecule has 1 heterocycles. The van der Waals surface area contributed by atoms with Crippen LogP contribution in [-0.2, 0) is 0 Å². The van der Waals surface area contributed by atoms with Gasteiger partial charge in [-0.1, -0.05) is 42.5 Å². The molecule has 2 nitrogen and oxygen atoms in total. The summed E-state index contributed by atoms with van der Waals surface area (Å²) in [6.07, 6.45) is 2.00. The quantitative estimate of drug-likeness (QED) is 0.514. The number of rotatable bonds is 4. The molecule has 0 saturated carbocycles. The van der Waals surface area contributed by atoms with E-state index in [9.17, 15) is 4.39 Å². The van der Waals surface area contributed by atoms with Crippen molar-refractivity contribution in [2.45, 2.75) is 5.92 Å². The van der Waals surface area contributed by atoms with Crippen molar-refractivity contribution in [2.75, 3.05) is 19.0 Å². The molecule has 0 aliphatic carbocycles. The van der Waals surface area contributed by atoms with E-state index in [4.69, 9.17) is 0 Å². The molecule has 4 rings (SSSR count). The van der Waals surface area contributed by atoms with Crippen LogP contribution in [0.1, 0.15) is 22.6 Å². The van der Waals surface area contributed by atoms with Crippen molar-refractivity contribution in [1.29, 1.82) is 0 Å². The van der Waals surface area contributed by atoms with Crippen LogP contribution in [0.2, 0.25) is 0 Å². The average molecular weight is 344 g/mol. The second-order valence-electron chi connectivity index (χ2n) is 6.76. The van der Waals surface area contributed by atoms with Gasteiger partial charge in [-0.15, -0.1) is 0 Å². The fourth-order valence-corrected chi connectivity index (χ4v) is 3.52. The molecule has 0 spiro atoms. The highest BCUT2D eigenvalue weighted by Crippen LogP contribution is 2.36. The molecule has 3 aromatic carbocycles. The van der Waals surface area contributed by atoms with E-state index >= 15 is 0 Å². The van der Waals surface area contributed by atoms with Crippen LogP contribution in [0, 0.1) is 5.82 Å². The lowest BCUT2D eigenvalue weighted by molar-refractivity contribution is 0.629. The van der Waals surface area contributed by atoms with Gasteiger partial charge in [-0.2, -0.15) is 0 Å². The maximum atomic E-state index is 13.6. The molecule has 0 saturated heterocycles. The monoisotopic (exact) mass is 344 g/mol. The van der Waals surface area contributed by atoms with Crippen LogP contribution in [0.4, 0.5) is 10.1 Å². The maximum Gasteiger partial charge on any atom is 0.125 e. The number of anilines is 1. The molecule has 0 fully saturated rings. The fraction of sp³-hybridized carbons (Fsp3) is 0.130. The van der Waals surface area contributed by atoms with E-state index in [1.165, 1.54) is 22.9 Å². The number of fused-ring (bicyclic) bond motifs is 1. The van der Waals surface area contributed by atoms with Crippen molar-refractivity contribution in [1.82, 2.24) is 4.98 Å². The molecule has 0 bridgehead atoms. The number of aromatic nitrogens is 1. The number of H-pyrrole nitrogens is 1. The Morgan fingerprint density at radius 2 is 1.54 bits per heavy atom. The van der Waals surface area contributed by atoms with Crippen LogP contribution < -0.4 is 4.90 Å². The van der Waals surface area contributed by atoms with Crippen LogP contribution in [0.15, 0.2) is 79.0 Å². The van der Waals surface area contributed by atoms with Crippen molar-refractivity contribution in [3.05, 3.63) is 102 Å². The van der Waals surface area contributed by atoms with Crippen molar-refractivity contribution >= 4 is 16.6 Å². The third-order valence-electron chi connectivity index (χ3n) is 4.86. The van der Waals surface area contributed by atoms with Gasteiger partial charge in [-0.05, 0) is 47.0 Å². The zero-order chi connectivity index (χ0) is 18.1. The third kappa shape index (κ3) is 2.97. The van der Waals surface area contributed by atoms with Crippen LogP contribution in [-0.4, -0.2) is 19.1 Å². The number of nitrogens with one attached hydrogen (secondary N) is 1. The van der Waals surface area contributed by atoms with E-state index < -0.39 is 0 Å². The second-order valence-corrected chi connectivity index (χ2v) is 6.76. The first-order valence-electron chi connectivity index (χ1n) is 8.72. The Kier molecular flexibility index (Phi) is 4.21. The first kappa shape index (κ1) is 16.4. The summed E-state index contributed by atoms with van der Waals surface area (Å²) >= 11 is 0. The highest BCUT2D eigenvalue weighted by atomic mass is 19.1. The Balaban J connectivity index is 1.88. The zero-order valence-corrected chi connectivity index (χ0v) is 14.9. The van der Waals surface area contributed by atoms with E-state index in [1.807, 2.05) is 32.4 Å². The first-order chi connectivity index (χ1) is 12.6. The third-order valence-corrected chi connectivity index (χ3v) is 4.86. The topological polar surface area (TPSA) is 19.0 Å². The molecule has 1 aromatic heterocycles. The minimum atomic E-state index is -0.225. The van der Waals surface area contributed by atoms with Gasteiger partial charge < -0.3 is 9.88 Å². The Labute approximate surface area is 152 Å². The van der Waals surface area contributed by atoms with Gasteiger partial charge in [0.05, 0.1) is 0 Å². The Morgan fingerprint density at radius 1 is 0.846 bits per heavy atom. The lowest BCUT2D eigenvalue weighted by Gasteiger charge is -2.20. The summed E-state index contributed by atoms with van der Waals surface area (Å²) in [4.78, 5) is 5.32. The molecule has 1 unspecified atom stereocenters. The molecule has 26 heavy (non-hydrogen) atoms. The summed E-state index contributed by atoms with van der Waals surface area (Å²) in [6.45, 7) is 0. The lowest BCUT2D eigenvalue weighted by atomic mass is 9.85. The minimum absolute atomic E-state index is 0.0895. The number of halogens is 1. The highest BCUT2D eigenvalue weighted by molar-refractivity contribution is 5.85. The molecule has 1 N–H and O–H groups in total. The zero-order valence-electron chi connectivity index (χ0n) is 14.9. The Bertz CT molecular complexity index is 1020. The number of benzene rings is 3. The molecule has 130 valence electrons. The number of hydrogen-bond donors (Lipinski definition) is 1. The molecule has 0 aliphatic rings. The summed E-state index contributed by atoms with van der Waals surface area (Å²) in [5.74, 6) is -0.135. The molecular weight excluding hydrogens is 323 g/mol. The van der Waals surface area contributed by atoms with Gasteiger partial charge in [0.25, 0.3) is 0 Å². The van der Waals surface area contributed by atoms with E-state index in [1.54, 1.807) is 6.07 Å². The summed E-state index contributed by atoms with van der Waals surface area (Å²) in [5, 5.41) is 1.05. The molecule has 0 radical (unpaired) electrons. The van der Waals surface area contributed by atoms with Gasteiger partial charge in [0.15, 0.2) is 0 Å². The van der Waals surface area contributed by atoms with Crippen molar-refractivity contribution < 1.29 is 4.39 Å². The maximum absolute atomic E-state index is 13.6. The summed E-state index contributed by atoms with van der Waals surface area (Å²) in [6, 6.07) is 24.0. The smallest absolute Gasteiger partial charge is 0.125 e. The Morgan fingerprint density at radius 3 is 2.23 bits per heavy atom. The van der Waals surface area contributed by atoms with E-state index in [0.29, 0.717) is 0 Å². The van der Waals surface area contributed by atoms with Crippen LogP contribution >= 0.6 is 0 Å². The highest BCUT2D eigenvalue weighted by Gasteiger charge is 2.20. The number of hydrogen-bond acceptors (Lipinski definition) is 1. The van der Waals surface area contributed by atoms with E-state index in [-0.39, 0.29) is 11.7 Å². The first-order valence-corrected chi connectivity index (χ1v) is 8.72. The number of nitrogens with zero attached hydrogens (tertiary/aromatic N) is 1. The van der Waals surface area contributed by atoms with Gasteiger partial charge in [0.2, 0.25) is 0 Å². The SMILES string of the molecule is CN(C)c1ccc(C(c2ccccc2)c2c[nH]c3cc(F)ccc23)cc1. The van der Waals surface area contributed by atoms with Crippen LogP contribution in [0.5, 0.6) is 0 Å². The molecule has 3 heteroatoms. The van der Waals surface area contributed by atoms with Gasteiger partial charge in [-0.3, -0.25) is 0 Å².